The van der Waals surface area contributed by atoms with E-state index < -0.39 is 0 Å². The van der Waals surface area contributed by atoms with Gasteiger partial charge in [0.15, 0.2) is 6.10 Å². The van der Waals surface area contributed by atoms with Crippen LogP contribution in [-0.2, 0) is 4.84 Å². The van der Waals surface area contributed by atoms with Gasteiger partial charge in [0.2, 0.25) is 0 Å². The molecule has 17 heavy (non-hydrogen) atoms. The van der Waals surface area contributed by atoms with Gasteiger partial charge < -0.3 is 0 Å². The Hall–Kier alpha value is -1.10. The quantitative estimate of drug-likeness (QED) is 0.693. The SMILES string of the molecule is N#CC[C@H]1CCC[C@@]23CCC[C@@H]2[C@H](C#N)ON13. The minimum atomic E-state index is -0.281. The van der Waals surface area contributed by atoms with Gasteiger partial charge in [-0.3, -0.25) is 4.84 Å². The molecule has 3 rings (SSSR count). The van der Waals surface area contributed by atoms with Crippen LogP contribution in [0.5, 0.6) is 0 Å². The van der Waals surface area contributed by atoms with Gasteiger partial charge in [0, 0.05) is 12.0 Å². The first-order valence-corrected chi connectivity index (χ1v) is 6.54. The van der Waals surface area contributed by atoms with Gasteiger partial charge in [0.1, 0.15) is 0 Å². The number of hydrogen-bond acceptors (Lipinski definition) is 4. The van der Waals surface area contributed by atoms with E-state index in [2.05, 4.69) is 17.2 Å². The minimum absolute atomic E-state index is 0.0835. The van der Waals surface area contributed by atoms with Crippen molar-refractivity contribution in [3.63, 3.8) is 0 Å². The Morgan fingerprint density at radius 3 is 2.71 bits per heavy atom. The number of piperidine rings is 1. The molecule has 0 radical (unpaired) electrons. The van der Waals surface area contributed by atoms with Crippen molar-refractivity contribution in [3.05, 3.63) is 0 Å². The summed E-state index contributed by atoms with van der Waals surface area (Å²) >= 11 is 0. The number of nitrogens with zero attached hydrogens (tertiary/aromatic N) is 3. The molecular formula is C13H17N3O. The molecule has 2 saturated heterocycles. The summed E-state index contributed by atoms with van der Waals surface area (Å²) in [5.41, 5.74) is 0.0835. The molecule has 0 bridgehead atoms. The summed E-state index contributed by atoms with van der Waals surface area (Å²) in [6, 6.07) is 4.76. The highest BCUT2D eigenvalue weighted by Gasteiger charge is 2.60. The van der Waals surface area contributed by atoms with Gasteiger partial charge in [0.05, 0.1) is 24.1 Å². The van der Waals surface area contributed by atoms with Crippen LogP contribution in [0, 0.1) is 28.6 Å². The molecule has 3 fully saturated rings. The number of hydroxylamine groups is 2. The van der Waals surface area contributed by atoms with Crippen LogP contribution < -0.4 is 0 Å². The van der Waals surface area contributed by atoms with E-state index in [4.69, 9.17) is 10.1 Å². The Kier molecular flexibility index (Phi) is 2.58. The normalized spacial score (nSPS) is 44.7. The van der Waals surface area contributed by atoms with E-state index in [0.29, 0.717) is 12.3 Å². The zero-order valence-corrected chi connectivity index (χ0v) is 9.93. The van der Waals surface area contributed by atoms with Crippen LogP contribution in [0.1, 0.15) is 44.9 Å². The van der Waals surface area contributed by atoms with Crippen LogP contribution in [0.2, 0.25) is 0 Å². The number of nitriles is 2. The second kappa shape index (κ2) is 3.98. The van der Waals surface area contributed by atoms with Crippen LogP contribution in [0.4, 0.5) is 0 Å². The van der Waals surface area contributed by atoms with Gasteiger partial charge in [-0.2, -0.15) is 15.6 Å². The highest BCUT2D eigenvalue weighted by Crippen LogP contribution is 2.54. The molecule has 0 N–H and O–H groups in total. The van der Waals surface area contributed by atoms with Gasteiger partial charge in [0.25, 0.3) is 0 Å². The molecule has 0 aromatic rings. The van der Waals surface area contributed by atoms with Crippen molar-refractivity contribution < 1.29 is 4.84 Å². The fourth-order valence-corrected chi connectivity index (χ4v) is 4.12. The standard InChI is InChI=1S/C13H17N3O/c14-8-5-10-3-1-6-13-7-2-4-11(13)12(9-15)17-16(10)13/h10-12H,1-7H2/t10-,11-,12+,13-/m1/s1. The van der Waals surface area contributed by atoms with E-state index in [1.165, 1.54) is 12.8 Å². The first-order valence-electron chi connectivity index (χ1n) is 6.54. The van der Waals surface area contributed by atoms with Gasteiger partial charge in [-0.05, 0) is 32.1 Å². The van der Waals surface area contributed by atoms with E-state index in [1.54, 1.807) is 0 Å². The molecule has 90 valence electrons. The Morgan fingerprint density at radius 1 is 1.24 bits per heavy atom. The Bertz CT molecular complexity index is 396. The molecule has 0 amide bonds. The smallest absolute Gasteiger partial charge is 0.170 e. The van der Waals surface area contributed by atoms with Gasteiger partial charge in [-0.15, -0.1) is 0 Å². The lowest BCUT2D eigenvalue weighted by Crippen LogP contribution is -2.52. The van der Waals surface area contributed by atoms with Gasteiger partial charge >= 0.3 is 0 Å². The molecule has 3 aliphatic rings. The third-order valence-electron chi connectivity index (χ3n) is 4.78. The second-order valence-corrected chi connectivity index (χ2v) is 5.49. The van der Waals surface area contributed by atoms with E-state index >= 15 is 0 Å². The molecule has 1 aliphatic carbocycles. The van der Waals surface area contributed by atoms with Crippen molar-refractivity contribution in [2.24, 2.45) is 5.92 Å². The van der Waals surface area contributed by atoms with Crippen LogP contribution in [-0.4, -0.2) is 22.7 Å². The molecule has 0 aromatic heterocycles. The summed E-state index contributed by atoms with van der Waals surface area (Å²) in [7, 11) is 0. The summed E-state index contributed by atoms with van der Waals surface area (Å²) in [6.07, 6.45) is 7.01. The average molecular weight is 231 g/mol. The fourth-order valence-electron chi connectivity index (χ4n) is 4.12. The Morgan fingerprint density at radius 2 is 2.00 bits per heavy atom. The summed E-state index contributed by atoms with van der Waals surface area (Å²) in [5.74, 6) is 0.369. The highest BCUT2D eigenvalue weighted by molar-refractivity contribution is 5.13. The third-order valence-corrected chi connectivity index (χ3v) is 4.78. The third kappa shape index (κ3) is 1.41. The molecule has 1 spiro atoms. The van der Waals surface area contributed by atoms with E-state index in [1.807, 2.05) is 0 Å². The predicted octanol–water partition coefficient (Wildman–Crippen LogP) is 2.13. The Labute approximate surface area is 102 Å². The van der Waals surface area contributed by atoms with Gasteiger partial charge in [-0.25, -0.2) is 0 Å². The van der Waals surface area contributed by atoms with Crippen molar-refractivity contribution in [1.29, 1.82) is 10.5 Å². The fraction of sp³-hybridized carbons (Fsp3) is 0.846. The summed E-state index contributed by atoms with van der Waals surface area (Å²) < 4.78 is 0. The van der Waals surface area contributed by atoms with E-state index in [9.17, 15) is 5.26 Å². The molecule has 2 heterocycles. The molecule has 4 atom stereocenters. The lowest BCUT2D eigenvalue weighted by atomic mass is 9.76. The molecule has 1 saturated carbocycles. The van der Waals surface area contributed by atoms with Crippen LogP contribution in [0.25, 0.3) is 0 Å². The monoisotopic (exact) mass is 231 g/mol. The summed E-state index contributed by atoms with van der Waals surface area (Å²) in [6.45, 7) is 0. The minimum Gasteiger partial charge on any atom is -0.279 e. The van der Waals surface area contributed by atoms with Crippen molar-refractivity contribution in [2.45, 2.75) is 62.6 Å². The van der Waals surface area contributed by atoms with Crippen LogP contribution >= 0.6 is 0 Å². The second-order valence-electron chi connectivity index (χ2n) is 5.49. The van der Waals surface area contributed by atoms with Crippen molar-refractivity contribution >= 4 is 0 Å². The topological polar surface area (TPSA) is 60.1 Å². The van der Waals surface area contributed by atoms with Crippen molar-refractivity contribution in [1.82, 2.24) is 5.06 Å². The average Bonchev–Trinajstić information content (AvgIpc) is 2.85. The Balaban J connectivity index is 1.92. The molecule has 0 aromatic carbocycles. The lowest BCUT2D eigenvalue weighted by molar-refractivity contribution is -0.219. The molecule has 4 heteroatoms. The molecule has 2 aliphatic heterocycles. The van der Waals surface area contributed by atoms with E-state index in [-0.39, 0.29) is 17.7 Å². The number of rotatable bonds is 1. The maximum Gasteiger partial charge on any atom is 0.170 e. The lowest BCUT2D eigenvalue weighted by Gasteiger charge is -2.44. The maximum atomic E-state index is 9.21. The first-order chi connectivity index (χ1) is 8.31. The van der Waals surface area contributed by atoms with Crippen molar-refractivity contribution in [2.75, 3.05) is 0 Å². The van der Waals surface area contributed by atoms with Crippen LogP contribution in [0.15, 0.2) is 0 Å². The van der Waals surface area contributed by atoms with Crippen molar-refractivity contribution in [3.8, 4) is 12.1 Å². The zero-order chi connectivity index (χ0) is 11.9. The largest absolute Gasteiger partial charge is 0.279 e. The molecule has 4 nitrogen and oxygen atoms in total. The maximum absolute atomic E-state index is 9.21. The first kappa shape index (κ1) is 11.0. The number of hydrogen-bond donors (Lipinski definition) is 0. The predicted molar refractivity (Wildman–Crippen MR) is 60.3 cm³/mol. The van der Waals surface area contributed by atoms with Crippen LogP contribution in [0.3, 0.4) is 0 Å². The van der Waals surface area contributed by atoms with E-state index in [0.717, 1.165) is 25.7 Å². The molecule has 0 unspecified atom stereocenters. The zero-order valence-electron chi connectivity index (χ0n) is 9.93. The summed E-state index contributed by atoms with van der Waals surface area (Å²) in [5, 5.41) is 20.2. The highest BCUT2D eigenvalue weighted by atomic mass is 16.7. The summed E-state index contributed by atoms with van der Waals surface area (Å²) in [4.78, 5) is 5.86. The van der Waals surface area contributed by atoms with Gasteiger partial charge in [-0.1, -0.05) is 6.42 Å². The molecular weight excluding hydrogens is 214 g/mol.